The SMILES string of the molecule is CCS(=O)(=O)c1ccc(NC(C)(C)C(C)O)cc1. The Kier molecular flexibility index (Phi) is 4.40. The van der Waals surface area contributed by atoms with Crippen molar-refractivity contribution in [2.75, 3.05) is 11.1 Å². The van der Waals surface area contributed by atoms with Crippen LogP contribution in [0.25, 0.3) is 0 Å². The fraction of sp³-hybridized carbons (Fsp3) is 0.538. The summed E-state index contributed by atoms with van der Waals surface area (Å²) in [6.45, 7) is 7.10. The van der Waals surface area contributed by atoms with Gasteiger partial charge in [-0.25, -0.2) is 8.42 Å². The van der Waals surface area contributed by atoms with Gasteiger partial charge in [0, 0.05) is 5.69 Å². The molecule has 5 heteroatoms. The molecule has 1 aromatic rings. The smallest absolute Gasteiger partial charge is 0.178 e. The molecule has 0 saturated carbocycles. The molecule has 0 aliphatic carbocycles. The molecule has 0 spiro atoms. The number of rotatable bonds is 5. The third-order valence-corrected chi connectivity index (χ3v) is 4.85. The maximum absolute atomic E-state index is 11.6. The highest BCUT2D eigenvalue weighted by atomic mass is 32.2. The molecule has 0 aliphatic rings. The minimum atomic E-state index is -3.15. The van der Waals surface area contributed by atoms with Crippen LogP contribution in [0.2, 0.25) is 0 Å². The molecule has 1 unspecified atom stereocenters. The highest BCUT2D eigenvalue weighted by molar-refractivity contribution is 7.91. The Labute approximate surface area is 109 Å². The van der Waals surface area contributed by atoms with Crippen LogP contribution < -0.4 is 5.32 Å². The van der Waals surface area contributed by atoms with Crippen LogP contribution in [0.3, 0.4) is 0 Å². The largest absolute Gasteiger partial charge is 0.391 e. The number of benzene rings is 1. The third kappa shape index (κ3) is 3.46. The molecule has 4 nitrogen and oxygen atoms in total. The molecule has 2 N–H and O–H groups in total. The van der Waals surface area contributed by atoms with Gasteiger partial charge in [-0.15, -0.1) is 0 Å². The molecule has 0 radical (unpaired) electrons. The summed E-state index contributed by atoms with van der Waals surface area (Å²) in [4.78, 5) is 0.324. The van der Waals surface area contributed by atoms with Crippen LogP contribution >= 0.6 is 0 Å². The zero-order chi connectivity index (χ0) is 14.0. The first-order valence-electron chi connectivity index (χ1n) is 5.98. The lowest BCUT2D eigenvalue weighted by molar-refractivity contribution is 0.133. The van der Waals surface area contributed by atoms with Gasteiger partial charge in [0.15, 0.2) is 9.84 Å². The van der Waals surface area contributed by atoms with Crippen LogP contribution in [0.4, 0.5) is 5.69 Å². The van der Waals surface area contributed by atoms with Gasteiger partial charge in [0.25, 0.3) is 0 Å². The molecule has 0 aliphatic heterocycles. The number of nitrogens with one attached hydrogen (secondary N) is 1. The minimum Gasteiger partial charge on any atom is -0.391 e. The van der Waals surface area contributed by atoms with Crippen LogP contribution in [0, 0.1) is 0 Å². The molecule has 0 amide bonds. The standard InChI is InChI=1S/C13H21NO3S/c1-5-18(16,17)12-8-6-11(7-9-12)14-13(3,4)10(2)15/h6-10,14-15H,5H2,1-4H3. The maximum atomic E-state index is 11.6. The van der Waals surface area contributed by atoms with Crippen molar-refractivity contribution in [3.8, 4) is 0 Å². The van der Waals surface area contributed by atoms with E-state index >= 15 is 0 Å². The molecule has 1 atom stereocenters. The number of aliphatic hydroxyl groups excluding tert-OH is 1. The fourth-order valence-corrected chi connectivity index (χ4v) is 2.27. The van der Waals surface area contributed by atoms with Gasteiger partial charge >= 0.3 is 0 Å². The van der Waals surface area contributed by atoms with Crippen molar-refractivity contribution >= 4 is 15.5 Å². The van der Waals surface area contributed by atoms with E-state index < -0.39 is 21.5 Å². The van der Waals surface area contributed by atoms with Gasteiger partial charge in [-0.05, 0) is 45.0 Å². The first-order chi connectivity index (χ1) is 8.19. The van der Waals surface area contributed by atoms with E-state index in [2.05, 4.69) is 5.32 Å². The van der Waals surface area contributed by atoms with Crippen molar-refractivity contribution < 1.29 is 13.5 Å². The van der Waals surface area contributed by atoms with Crippen molar-refractivity contribution in [1.29, 1.82) is 0 Å². The van der Waals surface area contributed by atoms with Crippen molar-refractivity contribution in [2.24, 2.45) is 0 Å². The summed E-state index contributed by atoms with van der Waals surface area (Å²) in [5.74, 6) is 0.0962. The number of hydrogen-bond donors (Lipinski definition) is 2. The lowest BCUT2D eigenvalue weighted by atomic mass is 9.98. The van der Waals surface area contributed by atoms with E-state index in [-0.39, 0.29) is 5.75 Å². The first kappa shape index (κ1) is 15.0. The second-order valence-corrected chi connectivity index (χ2v) is 7.23. The van der Waals surface area contributed by atoms with Gasteiger partial charge in [0.2, 0.25) is 0 Å². The monoisotopic (exact) mass is 271 g/mol. The summed E-state index contributed by atoms with van der Waals surface area (Å²) in [5.41, 5.74) is 0.321. The summed E-state index contributed by atoms with van der Waals surface area (Å²) in [6, 6.07) is 6.60. The van der Waals surface area contributed by atoms with Crippen LogP contribution in [0.5, 0.6) is 0 Å². The number of hydrogen-bond acceptors (Lipinski definition) is 4. The molecular formula is C13H21NO3S. The number of sulfone groups is 1. The van der Waals surface area contributed by atoms with Crippen molar-refractivity contribution in [2.45, 2.75) is 44.2 Å². The Morgan fingerprint density at radius 2 is 1.78 bits per heavy atom. The maximum Gasteiger partial charge on any atom is 0.178 e. The van der Waals surface area contributed by atoms with E-state index in [1.165, 1.54) is 0 Å². The van der Waals surface area contributed by atoms with E-state index in [9.17, 15) is 13.5 Å². The van der Waals surface area contributed by atoms with Gasteiger partial charge in [-0.2, -0.15) is 0 Å². The van der Waals surface area contributed by atoms with Crippen LogP contribution in [-0.4, -0.2) is 30.9 Å². The van der Waals surface area contributed by atoms with E-state index in [1.54, 1.807) is 38.1 Å². The molecule has 1 rings (SSSR count). The summed E-state index contributed by atoms with van der Waals surface area (Å²) >= 11 is 0. The average molecular weight is 271 g/mol. The molecule has 18 heavy (non-hydrogen) atoms. The number of aliphatic hydroxyl groups is 1. The number of anilines is 1. The lowest BCUT2D eigenvalue weighted by Crippen LogP contribution is -2.41. The highest BCUT2D eigenvalue weighted by Crippen LogP contribution is 2.20. The molecule has 0 saturated heterocycles. The van der Waals surface area contributed by atoms with Gasteiger partial charge in [-0.3, -0.25) is 0 Å². The average Bonchev–Trinajstić information content (AvgIpc) is 2.29. The summed E-state index contributed by atoms with van der Waals surface area (Å²) in [5, 5.41) is 12.8. The Morgan fingerprint density at radius 1 is 1.28 bits per heavy atom. The quantitative estimate of drug-likeness (QED) is 0.860. The molecule has 0 aromatic heterocycles. The van der Waals surface area contributed by atoms with Crippen molar-refractivity contribution in [3.63, 3.8) is 0 Å². The van der Waals surface area contributed by atoms with E-state index in [4.69, 9.17) is 0 Å². The Morgan fingerprint density at radius 3 is 2.17 bits per heavy atom. The summed E-state index contributed by atoms with van der Waals surface area (Å²) < 4.78 is 23.3. The van der Waals surface area contributed by atoms with Gasteiger partial charge in [-0.1, -0.05) is 6.92 Å². The van der Waals surface area contributed by atoms with Crippen LogP contribution in [0.1, 0.15) is 27.7 Å². The zero-order valence-electron chi connectivity index (χ0n) is 11.3. The fourth-order valence-electron chi connectivity index (χ4n) is 1.39. The van der Waals surface area contributed by atoms with Crippen molar-refractivity contribution in [1.82, 2.24) is 0 Å². The minimum absolute atomic E-state index is 0.0962. The lowest BCUT2D eigenvalue weighted by Gasteiger charge is -2.30. The van der Waals surface area contributed by atoms with E-state index in [0.29, 0.717) is 4.90 Å². The highest BCUT2D eigenvalue weighted by Gasteiger charge is 2.23. The molecule has 0 fully saturated rings. The first-order valence-corrected chi connectivity index (χ1v) is 7.63. The predicted octanol–water partition coefficient (Wildman–Crippen LogP) is 2.05. The zero-order valence-corrected chi connectivity index (χ0v) is 12.1. The summed E-state index contributed by atoms with van der Waals surface area (Å²) in [7, 11) is -3.15. The topological polar surface area (TPSA) is 66.4 Å². The molecule has 0 bridgehead atoms. The summed E-state index contributed by atoms with van der Waals surface area (Å²) in [6.07, 6.45) is -0.517. The van der Waals surface area contributed by atoms with Crippen LogP contribution in [-0.2, 0) is 9.84 Å². The Hall–Kier alpha value is -1.07. The molecular weight excluding hydrogens is 250 g/mol. The molecule has 0 heterocycles. The second kappa shape index (κ2) is 5.28. The van der Waals surface area contributed by atoms with Gasteiger partial charge in [0.1, 0.15) is 0 Å². The van der Waals surface area contributed by atoms with E-state index in [1.807, 2.05) is 13.8 Å². The van der Waals surface area contributed by atoms with Gasteiger partial charge < -0.3 is 10.4 Å². The second-order valence-electron chi connectivity index (χ2n) is 4.95. The normalized spacial score (nSPS) is 14.3. The molecule has 102 valence electrons. The van der Waals surface area contributed by atoms with Crippen molar-refractivity contribution in [3.05, 3.63) is 24.3 Å². The predicted molar refractivity (Wildman–Crippen MR) is 73.6 cm³/mol. The Balaban J connectivity index is 2.91. The third-order valence-electron chi connectivity index (χ3n) is 3.10. The van der Waals surface area contributed by atoms with E-state index in [0.717, 1.165) is 5.69 Å². The molecule has 1 aromatic carbocycles. The van der Waals surface area contributed by atoms with Gasteiger partial charge in [0.05, 0.1) is 22.3 Å². The Bertz CT molecular complexity index is 489. The van der Waals surface area contributed by atoms with Crippen LogP contribution in [0.15, 0.2) is 29.2 Å².